The van der Waals surface area contributed by atoms with Gasteiger partial charge in [0.05, 0.1) is 5.69 Å². The van der Waals surface area contributed by atoms with E-state index in [1.54, 1.807) is 6.07 Å². The van der Waals surface area contributed by atoms with Gasteiger partial charge < -0.3 is 10.6 Å². The maximum Gasteiger partial charge on any atom is 0.254 e. The molecule has 0 radical (unpaired) electrons. The van der Waals surface area contributed by atoms with Gasteiger partial charge in [-0.2, -0.15) is 0 Å². The highest BCUT2D eigenvalue weighted by molar-refractivity contribution is 5.94. The molecule has 0 spiro atoms. The zero-order valence-electron chi connectivity index (χ0n) is 11.9. The van der Waals surface area contributed by atoms with E-state index in [9.17, 15) is 9.18 Å². The average Bonchev–Trinajstić information content (AvgIpc) is 2.41. The van der Waals surface area contributed by atoms with Crippen LogP contribution in [0.5, 0.6) is 0 Å². The molecule has 1 amide bonds. The van der Waals surface area contributed by atoms with Crippen LogP contribution >= 0.6 is 0 Å². The van der Waals surface area contributed by atoms with Crippen molar-refractivity contribution in [1.82, 2.24) is 4.90 Å². The van der Waals surface area contributed by atoms with E-state index in [-0.39, 0.29) is 17.6 Å². The summed E-state index contributed by atoms with van der Waals surface area (Å²) in [5, 5.41) is 0. The minimum atomic E-state index is -0.537. The maximum atomic E-state index is 13.4. The Morgan fingerprint density at radius 2 is 2.11 bits per heavy atom. The third-order valence-corrected chi connectivity index (χ3v) is 3.38. The monoisotopic (exact) mass is 266 g/mol. The lowest BCUT2D eigenvalue weighted by molar-refractivity contribution is 0.0685. The molecule has 0 aromatic heterocycles. The van der Waals surface area contributed by atoms with Gasteiger partial charge >= 0.3 is 0 Å². The minimum absolute atomic E-state index is 0.0696. The summed E-state index contributed by atoms with van der Waals surface area (Å²) < 4.78 is 13.4. The summed E-state index contributed by atoms with van der Waals surface area (Å²) in [6.07, 6.45) is 2.86. The summed E-state index contributed by atoms with van der Waals surface area (Å²) in [6, 6.07) is 4.40. The van der Waals surface area contributed by atoms with Gasteiger partial charge in [0, 0.05) is 18.2 Å². The van der Waals surface area contributed by atoms with Crippen molar-refractivity contribution in [3.8, 4) is 0 Å². The first-order valence-electron chi connectivity index (χ1n) is 6.87. The molecule has 106 valence electrons. The summed E-state index contributed by atoms with van der Waals surface area (Å²) in [5.74, 6) is -0.660. The van der Waals surface area contributed by atoms with Crippen LogP contribution < -0.4 is 5.73 Å². The molecule has 0 saturated heterocycles. The van der Waals surface area contributed by atoms with E-state index in [2.05, 4.69) is 6.92 Å². The van der Waals surface area contributed by atoms with Crippen molar-refractivity contribution < 1.29 is 9.18 Å². The number of rotatable bonds is 6. The first-order chi connectivity index (χ1) is 9.01. The highest BCUT2D eigenvalue weighted by Crippen LogP contribution is 2.16. The van der Waals surface area contributed by atoms with Crippen molar-refractivity contribution in [2.24, 2.45) is 0 Å². The fourth-order valence-corrected chi connectivity index (χ4v) is 1.90. The van der Waals surface area contributed by atoms with E-state index < -0.39 is 5.82 Å². The topological polar surface area (TPSA) is 46.3 Å². The van der Waals surface area contributed by atoms with Crippen molar-refractivity contribution in [2.45, 2.75) is 46.1 Å². The molecular formula is C15H23FN2O. The number of nitrogen functional groups attached to an aromatic ring is 1. The molecule has 19 heavy (non-hydrogen) atoms. The smallest absolute Gasteiger partial charge is 0.254 e. The van der Waals surface area contributed by atoms with Crippen LogP contribution in [0.3, 0.4) is 0 Å². The molecule has 1 atom stereocenters. The Hall–Kier alpha value is -1.58. The summed E-state index contributed by atoms with van der Waals surface area (Å²) in [5.41, 5.74) is 5.86. The second-order valence-corrected chi connectivity index (χ2v) is 4.85. The molecule has 0 aliphatic heterocycles. The molecule has 2 N–H and O–H groups in total. The molecule has 0 aliphatic carbocycles. The molecule has 1 aromatic rings. The SMILES string of the molecule is CCCCN(C(=O)c1ccc(N)c(F)c1)C(C)CC. The molecule has 1 unspecified atom stereocenters. The van der Waals surface area contributed by atoms with E-state index in [0.717, 1.165) is 19.3 Å². The van der Waals surface area contributed by atoms with Crippen LogP contribution in [0.4, 0.5) is 10.1 Å². The van der Waals surface area contributed by atoms with Crippen LogP contribution in [0.2, 0.25) is 0 Å². The van der Waals surface area contributed by atoms with E-state index in [1.807, 2.05) is 18.7 Å². The van der Waals surface area contributed by atoms with Crippen LogP contribution in [-0.2, 0) is 0 Å². The van der Waals surface area contributed by atoms with Gasteiger partial charge in [0.25, 0.3) is 5.91 Å². The number of benzene rings is 1. The summed E-state index contributed by atoms with van der Waals surface area (Å²) in [6.45, 7) is 6.85. The standard InChI is InChI=1S/C15H23FN2O/c1-4-6-9-18(11(3)5-2)15(19)12-7-8-14(17)13(16)10-12/h7-8,10-11H,4-6,9,17H2,1-3H3. The highest BCUT2D eigenvalue weighted by atomic mass is 19.1. The number of amides is 1. The number of nitrogens with zero attached hydrogens (tertiary/aromatic N) is 1. The number of carbonyl (C=O) groups is 1. The van der Waals surface area contributed by atoms with E-state index in [4.69, 9.17) is 5.73 Å². The number of carbonyl (C=O) groups excluding carboxylic acids is 1. The third-order valence-electron chi connectivity index (χ3n) is 3.38. The Labute approximate surface area is 114 Å². The third kappa shape index (κ3) is 3.94. The minimum Gasteiger partial charge on any atom is -0.396 e. The fraction of sp³-hybridized carbons (Fsp3) is 0.533. The molecule has 4 heteroatoms. The van der Waals surface area contributed by atoms with Gasteiger partial charge in [-0.05, 0) is 38.0 Å². The lowest BCUT2D eigenvalue weighted by Crippen LogP contribution is -2.39. The Morgan fingerprint density at radius 3 is 2.63 bits per heavy atom. The average molecular weight is 266 g/mol. The lowest BCUT2D eigenvalue weighted by atomic mass is 10.1. The first kappa shape index (κ1) is 15.5. The van der Waals surface area contributed by atoms with Gasteiger partial charge in [-0.3, -0.25) is 4.79 Å². The van der Waals surface area contributed by atoms with Crippen molar-refractivity contribution in [2.75, 3.05) is 12.3 Å². The number of hydrogen-bond donors (Lipinski definition) is 1. The van der Waals surface area contributed by atoms with E-state index in [1.165, 1.54) is 12.1 Å². The van der Waals surface area contributed by atoms with Gasteiger partial charge in [-0.1, -0.05) is 20.3 Å². The predicted octanol–water partition coefficient (Wildman–Crippen LogP) is 3.45. The van der Waals surface area contributed by atoms with E-state index in [0.29, 0.717) is 12.1 Å². The van der Waals surface area contributed by atoms with Gasteiger partial charge in [-0.15, -0.1) is 0 Å². The lowest BCUT2D eigenvalue weighted by Gasteiger charge is -2.28. The van der Waals surface area contributed by atoms with Gasteiger partial charge in [0.2, 0.25) is 0 Å². The van der Waals surface area contributed by atoms with Crippen LogP contribution in [0.15, 0.2) is 18.2 Å². The number of halogens is 1. The maximum absolute atomic E-state index is 13.4. The Kier molecular flexibility index (Phi) is 5.80. The molecule has 0 aliphatic rings. The zero-order chi connectivity index (χ0) is 14.4. The van der Waals surface area contributed by atoms with Crippen molar-refractivity contribution in [1.29, 1.82) is 0 Å². The van der Waals surface area contributed by atoms with Crippen LogP contribution in [0.1, 0.15) is 50.4 Å². The number of hydrogen-bond acceptors (Lipinski definition) is 2. The van der Waals surface area contributed by atoms with Crippen LogP contribution in [-0.4, -0.2) is 23.4 Å². The predicted molar refractivity (Wildman–Crippen MR) is 76.5 cm³/mol. The molecule has 1 aromatic carbocycles. The normalized spacial score (nSPS) is 12.2. The van der Waals surface area contributed by atoms with Gasteiger partial charge in [-0.25, -0.2) is 4.39 Å². The fourth-order valence-electron chi connectivity index (χ4n) is 1.90. The molecule has 0 bridgehead atoms. The molecule has 0 saturated carbocycles. The second kappa shape index (κ2) is 7.12. The Balaban J connectivity index is 2.94. The Bertz CT molecular complexity index is 434. The largest absolute Gasteiger partial charge is 0.396 e. The van der Waals surface area contributed by atoms with Gasteiger partial charge in [0.15, 0.2) is 0 Å². The van der Waals surface area contributed by atoms with E-state index >= 15 is 0 Å². The van der Waals surface area contributed by atoms with Crippen LogP contribution in [0, 0.1) is 5.82 Å². The molecule has 0 fully saturated rings. The number of unbranched alkanes of at least 4 members (excludes halogenated alkanes) is 1. The molecule has 1 rings (SSSR count). The van der Waals surface area contributed by atoms with Crippen molar-refractivity contribution in [3.63, 3.8) is 0 Å². The zero-order valence-corrected chi connectivity index (χ0v) is 11.9. The molecule has 3 nitrogen and oxygen atoms in total. The van der Waals surface area contributed by atoms with Crippen LogP contribution in [0.25, 0.3) is 0 Å². The Morgan fingerprint density at radius 1 is 1.42 bits per heavy atom. The van der Waals surface area contributed by atoms with Crippen molar-refractivity contribution in [3.05, 3.63) is 29.6 Å². The summed E-state index contributed by atoms with van der Waals surface area (Å²) in [7, 11) is 0. The summed E-state index contributed by atoms with van der Waals surface area (Å²) >= 11 is 0. The first-order valence-corrected chi connectivity index (χ1v) is 6.87. The molecule has 0 heterocycles. The quantitative estimate of drug-likeness (QED) is 0.802. The highest BCUT2D eigenvalue weighted by Gasteiger charge is 2.20. The number of anilines is 1. The van der Waals surface area contributed by atoms with Gasteiger partial charge in [0.1, 0.15) is 5.82 Å². The molecular weight excluding hydrogens is 243 g/mol. The second-order valence-electron chi connectivity index (χ2n) is 4.85. The van der Waals surface area contributed by atoms with Crippen molar-refractivity contribution >= 4 is 11.6 Å². The number of nitrogens with two attached hydrogens (primary N) is 1. The summed E-state index contributed by atoms with van der Waals surface area (Å²) in [4.78, 5) is 14.2.